The molecule has 0 heterocycles. The molecule has 0 bridgehead atoms. The highest BCUT2D eigenvalue weighted by Gasteiger charge is 2.29. The fraction of sp³-hybridized carbons (Fsp3) is 0.381. The van der Waals surface area contributed by atoms with Crippen molar-refractivity contribution in [3.05, 3.63) is 53.6 Å². The third-order valence-corrected chi connectivity index (χ3v) is 4.96. The van der Waals surface area contributed by atoms with E-state index < -0.39 is 0 Å². The fourth-order valence-corrected chi connectivity index (χ4v) is 2.90. The lowest BCUT2D eigenvalue weighted by atomic mass is 9.85. The van der Waals surface area contributed by atoms with Crippen molar-refractivity contribution in [3.63, 3.8) is 0 Å². The zero-order chi connectivity index (χ0) is 18.7. The Bertz CT molecular complexity index is 786. The van der Waals surface area contributed by atoms with Gasteiger partial charge >= 0.3 is 0 Å². The molecule has 136 valence electrons. The van der Waals surface area contributed by atoms with Crippen molar-refractivity contribution < 1.29 is 9.59 Å². The molecule has 1 fully saturated rings. The predicted octanol–water partition coefficient (Wildman–Crippen LogP) is 4.05. The molecular weight excluding hydrogens is 326 g/mol. The van der Waals surface area contributed by atoms with Crippen LogP contribution in [0.5, 0.6) is 0 Å². The molecule has 5 heteroatoms. The Labute approximate surface area is 154 Å². The maximum absolute atomic E-state index is 12.3. The average molecular weight is 351 g/mol. The van der Waals surface area contributed by atoms with Crippen molar-refractivity contribution in [2.24, 2.45) is 16.9 Å². The third kappa shape index (κ3) is 4.48. The van der Waals surface area contributed by atoms with E-state index in [1.54, 1.807) is 24.3 Å². The number of hydrogen-bond donors (Lipinski definition) is 2. The largest absolute Gasteiger partial charge is 0.326 e. The SMILES string of the molecule is C=C(C)C1CC=C(C)/C(=N\NC(=O)c2ccc(NC(=O)C3CC3)cc2)C1. The van der Waals surface area contributed by atoms with Gasteiger partial charge in [-0.05, 0) is 75.3 Å². The molecule has 2 N–H and O–H groups in total. The monoisotopic (exact) mass is 351 g/mol. The molecule has 2 amide bonds. The van der Waals surface area contributed by atoms with Crippen molar-refractivity contribution in [3.8, 4) is 0 Å². The zero-order valence-electron chi connectivity index (χ0n) is 15.3. The van der Waals surface area contributed by atoms with Gasteiger partial charge in [0.05, 0.1) is 5.71 Å². The van der Waals surface area contributed by atoms with Crippen molar-refractivity contribution >= 4 is 23.2 Å². The molecule has 1 aromatic rings. The molecule has 0 spiro atoms. The van der Waals surface area contributed by atoms with Crippen LogP contribution in [0.2, 0.25) is 0 Å². The quantitative estimate of drug-likeness (QED) is 0.620. The first kappa shape index (κ1) is 18.1. The van der Waals surface area contributed by atoms with Crippen LogP contribution in [-0.2, 0) is 4.79 Å². The molecule has 26 heavy (non-hydrogen) atoms. The van der Waals surface area contributed by atoms with Crippen LogP contribution in [0.15, 0.2) is 53.2 Å². The van der Waals surface area contributed by atoms with E-state index in [4.69, 9.17) is 0 Å². The number of hydrazone groups is 1. The number of carbonyl (C=O) groups excluding carboxylic acids is 2. The van der Waals surface area contributed by atoms with Gasteiger partial charge in [0.25, 0.3) is 5.91 Å². The van der Waals surface area contributed by atoms with E-state index in [2.05, 4.69) is 28.5 Å². The van der Waals surface area contributed by atoms with Crippen molar-refractivity contribution in [1.29, 1.82) is 0 Å². The lowest BCUT2D eigenvalue weighted by Gasteiger charge is -2.22. The lowest BCUT2D eigenvalue weighted by molar-refractivity contribution is -0.117. The Hall–Kier alpha value is -2.69. The molecule has 0 aromatic heterocycles. The highest BCUT2D eigenvalue weighted by molar-refractivity contribution is 6.02. The van der Waals surface area contributed by atoms with E-state index in [0.29, 0.717) is 17.2 Å². The summed E-state index contributed by atoms with van der Waals surface area (Å²) >= 11 is 0. The minimum Gasteiger partial charge on any atom is -0.326 e. The number of benzene rings is 1. The number of hydrogen-bond acceptors (Lipinski definition) is 3. The normalized spacial score (nSPS) is 21.1. The van der Waals surface area contributed by atoms with Crippen LogP contribution >= 0.6 is 0 Å². The van der Waals surface area contributed by atoms with Crippen LogP contribution in [0.1, 0.15) is 49.9 Å². The minimum absolute atomic E-state index is 0.0558. The summed E-state index contributed by atoms with van der Waals surface area (Å²) in [5.74, 6) is 0.329. The summed E-state index contributed by atoms with van der Waals surface area (Å²) in [6.07, 6.45) is 5.84. The Morgan fingerprint density at radius 3 is 2.46 bits per heavy atom. The standard InChI is InChI=1S/C21H25N3O2/c1-13(2)17-5-4-14(3)19(12-17)23-24-21(26)16-8-10-18(11-9-16)22-20(25)15-6-7-15/h4,8-11,15,17H,1,5-7,12H2,2-3H3,(H,22,25)(H,24,26)/b23-19-. The summed E-state index contributed by atoms with van der Waals surface area (Å²) in [6, 6.07) is 6.87. The van der Waals surface area contributed by atoms with Gasteiger partial charge in [-0.15, -0.1) is 0 Å². The maximum Gasteiger partial charge on any atom is 0.271 e. The first-order valence-electron chi connectivity index (χ1n) is 9.04. The van der Waals surface area contributed by atoms with Gasteiger partial charge in [-0.2, -0.15) is 5.10 Å². The highest BCUT2D eigenvalue weighted by Crippen LogP contribution is 2.30. The second-order valence-electron chi connectivity index (χ2n) is 7.21. The van der Waals surface area contributed by atoms with Crippen molar-refractivity contribution in [2.45, 2.75) is 39.5 Å². The molecule has 0 radical (unpaired) electrons. The first-order valence-corrected chi connectivity index (χ1v) is 9.04. The molecule has 0 aliphatic heterocycles. The number of nitrogens with one attached hydrogen (secondary N) is 2. The second kappa shape index (κ2) is 7.68. The van der Waals surface area contributed by atoms with Gasteiger partial charge in [-0.3, -0.25) is 9.59 Å². The van der Waals surface area contributed by atoms with Crippen LogP contribution in [0.3, 0.4) is 0 Å². The Morgan fingerprint density at radius 1 is 1.15 bits per heavy atom. The van der Waals surface area contributed by atoms with Gasteiger partial charge in [0, 0.05) is 17.2 Å². The summed E-state index contributed by atoms with van der Waals surface area (Å²) < 4.78 is 0. The molecule has 2 aliphatic carbocycles. The van der Waals surface area contributed by atoms with Gasteiger partial charge in [0.15, 0.2) is 0 Å². The molecule has 1 saturated carbocycles. The summed E-state index contributed by atoms with van der Waals surface area (Å²) in [5, 5.41) is 7.17. The Balaban J connectivity index is 1.60. The minimum atomic E-state index is -0.261. The van der Waals surface area contributed by atoms with Crippen molar-refractivity contribution in [2.75, 3.05) is 5.32 Å². The van der Waals surface area contributed by atoms with E-state index in [9.17, 15) is 9.59 Å². The Morgan fingerprint density at radius 2 is 1.85 bits per heavy atom. The van der Waals surface area contributed by atoms with E-state index in [1.165, 1.54) is 0 Å². The molecule has 1 aromatic carbocycles. The number of anilines is 1. The molecule has 1 atom stereocenters. The molecule has 0 saturated heterocycles. The van der Waals surface area contributed by atoms with Gasteiger partial charge in [0.2, 0.25) is 5.91 Å². The van der Waals surface area contributed by atoms with Crippen LogP contribution < -0.4 is 10.7 Å². The number of rotatable bonds is 5. The summed E-state index contributed by atoms with van der Waals surface area (Å²) in [5.41, 5.74) is 6.98. The van der Waals surface area contributed by atoms with Gasteiger partial charge in [0.1, 0.15) is 0 Å². The topological polar surface area (TPSA) is 70.6 Å². The van der Waals surface area contributed by atoms with E-state index >= 15 is 0 Å². The smallest absolute Gasteiger partial charge is 0.271 e. The molecular formula is C21H25N3O2. The lowest BCUT2D eigenvalue weighted by Crippen LogP contribution is -2.23. The van der Waals surface area contributed by atoms with E-state index in [0.717, 1.165) is 42.5 Å². The van der Waals surface area contributed by atoms with Crippen LogP contribution in [-0.4, -0.2) is 17.5 Å². The molecule has 5 nitrogen and oxygen atoms in total. The van der Waals surface area contributed by atoms with Crippen molar-refractivity contribution in [1.82, 2.24) is 5.43 Å². The van der Waals surface area contributed by atoms with Crippen LogP contribution in [0.25, 0.3) is 0 Å². The van der Waals surface area contributed by atoms with Gasteiger partial charge in [-0.25, -0.2) is 5.43 Å². The third-order valence-electron chi connectivity index (χ3n) is 4.96. The fourth-order valence-electron chi connectivity index (χ4n) is 2.90. The van der Waals surface area contributed by atoms with Crippen LogP contribution in [0, 0.1) is 11.8 Å². The van der Waals surface area contributed by atoms with E-state index in [1.807, 2.05) is 13.8 Å². The number of nitrogens with zero attached hydrogens (tertiary/aromatic N) is 1. The van der Waals surface area contributed by atoms with Crippen LogP contribution in [0.4, 0.5) is 5.69 Å². The van der Waals surface area contributed by atoms with Gasteiger partial charge in [-0.1, -0.05) is 18.2 Å². The van der Waals surface area contributed by atoms with E-state index in [-0.39, 0.29) is 17.7 Å². The highest BCUT2D eigenvalue weighted by atomic mass is 16.2. The first-order chi connectivity index (χ1) is 12.4. The number of carbonyl (C=O) groups is 2. The number of amides is 2. The number of allylic oxidation sites excluding steroid dienone is 3. The summed E-state index contributed by atoms with van der Waals surface area (Å²) in [6.45, 7) is 8.06. The predicted molar refractivity (Wildman–Crippen MR) is 104 cm³/mol. The summed E-state index contributed by atoms with van der Waals surface area (Å²) in [4.78, 5) is 24.1. The maximum atomic E-state index is 12.3. The zero-order valence-corrected chi connectivity index (χ0v) is 15.3. The van der Waals surface area contributed by atoms with Gasteiger partial charge < -0.3 is 5.32 Å². The molecule has 2 aliphatic rings. The molecule has 3 rings (SSSR count). The average Bonchev–Trinajstić information content (AvgIpc) is 3.46. The Kier molecular flexibility index (Phi) is 5.35. The molecule has 1 unspecified atom stereocenters. The second-order valence-corrected chi connectivity index (χ2v) is 7.21. The summed E-state index contributed by atoms with van der Waals surface area (Å²) in [7, 11) is 0.